The van der Waals surface area contributed by atoms with Gasteiger partial charge >= 0.3 is 0 Å². The Bertz CT molecular complexity index is 748. The summed E-state index contributed by atoms with van der Waals surface area (Å²) >= 11 is 0. The molecule has 2 N–H and O–H groups in total. The average Bonchev–Trinajstić information content (AvgIpc) is 2.69. The van der Waals surface area contributed by atoms with E-state index in [1.807, 2.05) is 29.2 Å². The third-order valence-electron chi connectivity index (χ3n) is 4.39. The fourth-order valence-electron chi connectivity index (χ4n) is 2.99. The molecule has 0 unspecified atom stereocenters. The number of likely N-dealkylation sites (tertiary alicyclic amines) is 1. The first-order chi connectivity index (χ1) is 12.8. The van der Waals surface area contributed by atoms with Gasteiger partial charge in [0.1, 0.15) is 0 Å². The van der Waals surface area contributed by atoms with E-state index in [4.69, 9.17) is 0 Å². The van der Waals surface area contributed by atoms with Crippen molar-refractivity contribution < 1.29 is 9.59 Å². The van der Waals surface area contributed by atoms with E-state index in [0.29, 0.717) is 38.4 Å². The highest BCUT2D eigenvalue weighted by Gasteiger charge is 2.17. The summed E-state index contributed by atoms with van der Waals surface area (Å²) in [5, 5.41) is 5.82. The second kappa shape index (κ2) is 8.94. The molecule has 1 aromatic carbocycles. The van der Waals surface area contributed by atoms with E-state index >= 15 is 0 Å². The summed E-state index contributed by atoms with van der Waals surface area (Å²) in [5.74, 6) is 0.787. The zero-order valence-corrected chi connectivity index (χ0v) is 14.6. The van der Waals surface area contributed by atoms with E-state index < -0.39 is 0 Å². The molecule has 0 bridgehead atoms. The maximum atomic E-state index is 11.8. The van der Waals surface area contributed by atoms with Crippen LogP contribution >= 0.6 is 0 Å². The molecule has 2 aromatic rings. The highest BCUT2D eigenvalue weighted by Crippen LogP contribution is 2.19. The maximum absolute atomic E-state index is 11.8. The normalized spacial score (nSPS) is 14.2. The predicted molar refractivity (Wildman–Crippen MR) is 99.3 cm³/mol. The third kappa shape index (κ3) is 4.78. The molecule has 2 amide bonds. The summed E-state index contributed by atoms with van der Waals surface area (Å²) in [5.41, 5.74) is 2.93. The van der Waals surface area contributed by atoms with Gasteiger partial charge in [-0.3, -0.25) is 9.59 Å². The number of rotatable bonds is 8. The minimum absolute atomic E-state index is 0.235. The standard InChI is InChI=1S/C19H23N5O2/c25-14-20-11-15-4-3-5-16(10-15)17-12-22-19(23-13-17)21-7-9-24-8-2-1-6-18(24)26/h3-5,10,12-14H,1-2,6-9,11H2,(H,20,25)(H,21,22,23). The zero-order valence-electron chi connectivity index (χ0n) is 14.6. The zero-order chi connectivity index (χ0) is 18.2. The topological polar surface area (TPSA) is 87.2 Å². The number of benzene rings is 1. The van der Waals surface area contributed by atoms with Crippen LogP contribution in [0.15, 0.2) is 36.7 Å². The lowest BCUT2D eigenvalue weighted by atomic mass is 10.1. The Morgan fingerprint density at radius 1 is 1.15 bits per heavy atom. The maximum Gasteiger partial charge on any atom is 0.222 e. The van der Waals surface area contributed by atoms with Crippen LogP contribution in [-0.2, 0) is 16.1 Å². The number of nitrogens with zero attached hydrogens (tertiary/aromatic N) is 3. The van der Waals surface area contributed by atoms with Crippen molar-refractivity contribution in [2.24, 2.45) is 0 Å². The van der Waals surface area contributed by atoms with E-state index in [-0.39, 0.29) is 5.91 Å². The van der Waals surface area contributed by atoms with Crippen LogP contribution in [0.1, 0.15) is 24.8 Å². The average molecular weight is 353 g/mol. The van der Waals surface area contributed by atoms with Crippen LogP contribution in [0.4, 0.5) is 5.95 Å². The van der Waals surface area contributed by atoms with Gasteiger partial charge in [0.25, 0.3) is 0 Å². The molecule has 2 heterocycles. The van der Waals surface area contributed by atoms with Crippen LogP contribution in [0.25, 0.3) is 11.1 Å². The molecule has 26 heavy (non-hydrogen) atoms. The lowest BCUT2D eigenvalue weighted by molar-refractivity contribution is -0.133. The van der Waals surface area contributed by atoms with E-state index in [0.717, 1.165) is 36.1 Å². The van der Waals surface area contributed by atoms with Gasteiger partial charge in [-0.25, -0.2) is 9.97 Å². The Kier molecular flexibility index (Phi) is 6.14. The third-order valence-corrected chi connectivity index (χ3v) is 4.39. The fourth-order valence-corrected chi connectivity index (χ4v) is 2.99. The van der Waals surface area contributed by atoms with Gasteiger partial charge in [-0.15, -0.1) is 0 Å². The first kappa shape index (κ1) is 17.8. The van der Waals surface area contributed by atoms with E-state index in [9.17, 15) is 9.59 Å². The molecule has 136 valence electrons. The summed E-state index contributed by atoms with van der Waals surface area (Å²) < 4.78 is 0. The van der Waals surface area contributed by atoms with Gasteiger partial charge in [0.05, 0.1) is 0 Å². The number of carbonyl (C=O) groups excluding carboxylic acids is 2. The summed E-state index contributed by atoms with van der Waals surface area (Å²) in [7, 11) is 0. The van der Waals surface area contributed by atoms with Crippen LogP contribution in [0.2, 0.25) is 0 Å². The molecule has 1 saturated heterocycles. The van der Waals surface area contributed by atoms with Gasteiger partial charge in [0.15, 0.2) is 0 Å². The van der Waals surface area contributed by atoms with Crippen LogP contribution in [0.5, 0.6) is 0 Å². The Morgan fingerprint density at radius 2 is 2.00 bits per heavy atom. The number of nitrogens with one attached hydrogen (secondary N) is 2. The Labute approximate surface area is 152 Å². The molecular formula is C19H23N5O2. The van der Waals surface area contributed by atoms with Crippen molar-refractivity contribution in [2.45, 2.75) is 25.8 Å². The molecule has 1 fully saturated rings. The summed E-state index contributed by atoms with van der Waals surface area (Å²) in [6, 6.07) is 7.89. The van der Waals surface area contributed by atoms with Crippen molar-refractivity contribution in [3.8, 4) is 11.1 Å². The molecule has 0 aliphatic carbocycles. The smallest absolute Gasteiger partial charge is 0.222 e. The van der Waals surface area contributed by atoms with Crippen molar-refractivity contribution in [3.05, 3.63) is 42.2 Å². The van der Waals surface area contributed by atoms with Crippen molar-refractivity contribution in [1.29, 1.82) is 0 Å². The van der Waals surface area contributed by atoms with E-state index in [1.54, 1.807) is 12.4 Å². The molecule has 0 spiro atoms. The molecular weight excluding hydrogens is 330 g/mol. The van der Waals surface area contributed by atoms with Crippen LogP contribution < -0.4 is 10.6 Å². The lowest BCUT2D eigenvalue weighted by Crippen LogP contribution is -2.38. The number of carbonyl (C=O) groups is 2. The Balaban J connectivity index is 1.55. The van der Waals surface area contributed by atoms with Crippen LogP contribution in [0, 0.1) is 0 Å². The Morgan fingerprint density at radius 3 is 2.77 bits per heavy atom. The molecule has 0 atom stereocenters. The van der Waals surface area contributed by atoms with Crippen molar-refractivity contribution in [3.63, 3.8) is 0 Å². The predicted octanol–water partition coefficient (Wildman–Crippen LogP) is 1.81. The largest absolute Gasteiger partial charge is 0.355 e. The van der Waals surface area contributed by atoms with Crippen molar-refractivity contribution in [1.82, 2.24) is 20.2 Å². The number of hydrogen-bond acceptors (Lipinski definition) is 5. The highest BCUT2D eigenvalue weighted by molar-refractivity contribution is 5.76. The summed E-state index contributed by atoms with van der Waals surface area (Å²) in [4.78, 5) is 32.8. The molecule has 1 aliphatic heterocycles. The van der Waals surface area contributed by atoms with Gasteiger partial charge in [0, 0.05) is 50.6 Å². The van der Waals surface area contributed by atoms with Gasteiger partial charge in [-0.05, 0) is 30.0 Å². The molecule has 1 aromatic heterocycles. The van der Waals surface area contributed by atoms with Crippen molar-refractivity contribution in [2.75, 3.05) is 25.0 Å². The first-order valence-corrected chi connectivity index (χ1v) is 8.86. The SMILES string of the molecule is O=CNCc1cccc(-c2cnc(NCCN3CCCCC3=O)nc2)c1. The Hall–Kier alpha value is -2.96. The first-order valence-electron chi connectivity index (χ1n) is 8.86. The number of anilines is 1. The molecule has 0 radical (unpaired) electrons. The quantitative estimate of drug-likeness (QED) is 0.707. The van der Waals surface area contributed by atoms with E-state index in [1.165, 1.54) is 0 Å². The number of piperidine rings is 1. The molecule has 1 aliphatic rings. The highest BCUT2D eigenvalue weighted by atomic mass is 16.2. The minimum atomic E-state index is 0.235. The van der Waals surface area contributed by atoms with E-state index in [2.05, 4.69) is 20.6 Å². The number of aromatic nitrogens is 2. The number of hydrogen-bond donors (Lipinski definition) is 2. The lowest BCUT2D eigenvalue weighted by Gasteiger charge is -2.26. The van der Waals surface area contributed by atoms with Gasteiger partial charge in [0.2, 0.25) is 18.3 Å². The minimum Gasteiger partial charge on any atom is -0.355 e. The van der Waals surface area contributed by atoms with Gasteiger partial charge in [-0.1, -0.05) is 18.2 Å². The molecule has 7 nitrogen and oxygen atoms in total. The van der Waals surface area contributed by atoms with Crippen molar-refractivity contribution >= 4 is 18.3 Å². The second-order valence-corrected chi connectivity index (χ2v) is 6.26. The fraction of sp³-hybridized carbons (Fsp3) is 0.368. The molecule has 0 saturated carbocycles. The monoisotopic (exact) mass is 353 g/mol. The summed E-state index contributed by atoms with van der Waals surface area (Å²) in [6.45, 7) is 2.65. The second-order valence-electron chi connectivity index (χ2n) is 6.26. The molecule has 7 heteroatoms. The number of amides is 2. The summed E-state index contributed by atoms with van der Waals surface area (Å²) in [6.07, 6.45) is 6.97. The van der Waals surface area contributed by atoms with Crippen LogP contribution in [0.3, 0.4) is 0 Å². The van der Waals surface area contributed by atoms with Gasteiger partial charge in [-0.2, -0.15) is 0 Å². The van der Waals surface area contributed by atoms with Gasteiger partial charge < -0.3 is 15.5 Å². The molecule has 3 rings (SSSR count). The van der Waals surface area contributed by atoms with Crippen LogP contribution in [-0.4, -0.2) is 46.8 Å².